The lowest BCUT2D eigenvalue weighted by molar-refractivity contribution is 0.102. The first-order valence-corrected chi connectivity index (χ1v) is 10.1. The van der Waals surface area contributed by atoms with Crippen LogP contribution in [0.3, 0.4) is 0 Å². The Balaban J connectivity index is 1.86. The molecule has 3 aromatic rings. The molecule has 2 aromatic heterocycles. The van der Waals surface area contributed by atoms with E-state index < -0.39 is 21.7 Å². The number of pyridine rings is 1. The van der Waals surface area contributed by atoms with Crippen LogP contribution in [-0.4, -0.2) is 40.3 Å². The van der Waals surface area contributed by atoms with Crippen LogP contribution in [0.5, 0.6) is 0 Å². The number of aromatic nitrogens is 4. The number of hydrogen-bond acceptors (Lipinski definition) is 6. The van der Waals surface area contributed by atoms with Gasteiger partial charge in [-0.3, -0.25) is 19.6 Å². The van der Waals surface area contributed by atoms with E-state index in [1.807, 2.05) is 4.72 Å². The molecule has 2 heterocycles. The molecule has 0 atom stereocenters. The van der Waals surface area contributed by atoms with Crippen molar-refractivity contribution in [3.8, 4) is 11.4 Å². The van der Waals surface area contributed by atoms with Crippen molar-refractivity contribution >= 4 is 39.5 Å². The van der Waals surface area contributed by atoms with Crippen molar-refractivity contribution < 1.29 is 17.6 Å². The van der Waals surface area contributed by atoms with Gasteiger partial charge in [0.25, 0.3) is 5.91 Å². The maximum atomic E-state index is 13.8. The molecule has 0 aliphatic rings. The number of amides is 1. The predicted octanol–water partition coefficient (Wildman–Crippen LogP) is 2.30. The van der Waals surface area contributed by atoms with Crippen LogP contribution in [0.4, 0.5) is 15.8 Å². The molecular weight excluding hydrogens is 407 g/mol. The van der Waals surface area contributed by atoms with Crippen molar-refractivity contribution in [2.75, 3.05) is 16.3 Å². The van der Waals surface area contributed by atoms with Crippen molar-refractivity contribution in [2.45, 2.75) is 0 Å². The molecule has 1 aromatic carbocycles. The highest BCUT2D eigenvalue weighted by Gasteiger charge is 2.14. The second-order valence-electron chi connectivity index (χ2n) is 5.90. The van der Waals surface area contributed by atoms with Crippen LogP contribution in [0.2, 0.25) is 0 Å². The zero-order valence-electron chi connectivity index (χ0n) is 14.7. The lowest BCUT2D eigenvalue weighted by atomic mass is 10.1. The summed E-state index contributed by atoms with van der Waals surface area (Å²) < 4.78 is 40.5. The number of carbonyl (C=O) groups excluding carboxylic acids is 1. The zero-order chi connectivity index (χ0) is 20.5. The molecule has 9 nitrogen and oxygen atoms in total. The average molecular weight is 422 g/mol. The summed E-state index contributed by atoms with van der Waals surface area (Å²) in [4.78, 5) is 16.6. The average Bonchev–Trinajstić information content (AvgIpc) is 2.95. The summed E-state index contributed by atoms with van der Waals surface area (Å²) >= 11 is 5.08. The third-order valence-corrected chi connectivity index (χ3v) is 4.61. The van der Waals surface area contributed by atoms with E-state index in [2.05, 4.69) is 20.5 Å². The molecule has 0 unspecified atom stereocenters. The third-order valence-electron chi connectivity index (χ3n) is 3.66. The summed E-state index contributed by atoms with van der Waals surface area (Å²) in [5, 5.41) is 9.40. The summed E-state index contributed by atoms with van der Waals surface area (Å²) in [6, 6.07) is 5.01. The number of sulfonamides is 1. The van der Waals surface area contributed by atoms with Crippen LogP contribution in [0, 0.1) is 10.6 Å². The second kappa shape index (κ2) is 7.48. The van der Waals surface area contributed by atoms with Gasteiger partial charge in [-0.15, -0.1) is 0 Å². The Labute approximate surface area is 164 Å². The number of nitrogens with one attached hydrogen (secondary N) is 3. The van der Waals surface area contributed by atoms with Crippen LogP contribution >= 0.6 is 12.2 Å². The first-order valence-electron chi connectivity index (χ1n) is 7.79. The Hall–Kier alpha value is -3.12. The second-order valence-corrected chi connectivity index (χ2v) is 8.03. The number of aromatic amines is 1. The van der Waals surface area contributed by atoms with Crippen molar-refractivity contribution in [3.63, 3.8) is 0 Å². The van der Waals surface area contributed by atoms with Crippen molar-refractivity contribution in [1.82, 2.24) is 19.7 Å². The van der Waals surface area contributed by atoms with Gasteiger partial charge in [-0.2, -0.15) is 5.10 Å². The van der Waals surface area contributed by atoms with E-state index in [0.29, 0.717) is 21.8 Å². The normalized spacial score (nSPS) is 11.2. The molecular formula is C16H15FN6O3S2. The van der Waals surface area contributed by atoms with Gasteiger partial charge in [0, 0.05) is 24.4 Å². The molecule has 12 heteroatoms. The Morgan fingerprint density at radius 1 is 1.29 bits per heavy atom. The van der Waals surface area contributed by atoms with Gasteiger partial charge in [0.15, 0.2) is 10.6 Å². The molecule has 146 valence electrons. The van der Waals surface area contributed by atoms with Crippen LogP contribution < -0.4 is 10.0 Å². The van der Waals surface area contributed by atoms with E-state index in [1.54, 1.807) is 23.9 Å². The number of anilines is 2. The van der Waals surface area contributed by atoms with E-state index in [-0.39, 0.29) is 11.3 Å². The molecule has 0 fully saturated rings. The smallest absolute Gasteiger partial charge is 0.255 e. The summed E-state index contributed by atoms with van der Waals surface area (Å²) in [6.45, 7) is 0. The highest BCUT2D eigenvalue weighted by Crippen LogP contribution is 2.21. The fourth-order valence-electron chi connectivity index (χ4n) is 2.38. The van der Waals surface area contributed by atoms with Gasteiger partial charge in [0.05, 0.1) is 23.8 Å². The molecule has 0 aliphatic heterocycles. The standard InChI is InChI=1S/C16H15FN6O3S2/c1-23-14(20-21-16(23)27)10-5-11(8-18-7-10)19-15(24)9-3-4-12(17)13(6-9)22-28(2,25)26/h3-8,22H,1-2H3,(H,19,24)(H,21,27). The monoisotopic (exact) mass is 422 g/mol. The van der Waals surface area contributed by atoms with Gasteiger partial charge in [-0.05, 0) is 36.5 Å². The maximum absolute atomic E-state index is 13.8. The molecule has 28 heavy (non-hydrogen) atoms. The fourth-order valence-corrected chi connectivity index (χ4v) is 3.07. The Kier molecular flexibility index (Phi) is 5.25. The van der Waals surface area contributed by atoms with Gasteiger partial charge in [-0.25, -0.2) is 12.8 Å². The number of nitrogens with zero attached hydrogens (tertiary/aromatic N) is 3. The first kappa shape index (κ1) is 19.6. The Morgan fingerprint density at radius 2 is 2.04 bits per heavy atom. The third kappa shape index (κ3) is 4.40. The molecule has 1 amide bonds. The molecule has 0 spiro atoms. The SMILES string of the molecule is Cn1c(-c2cncc(NC(=O)c3ccc(F)c(NS(C)(=O)=O)c3)c2)n[nH]c1=S. The van der Waals surface area contributed by atoms with Gasteiger partial charge in [-0.1, -0.05) is 0 Å². The van der Waals surface area contributed by atoms with E-state index in [1.165, 1.54) is 12.3 Å². The first-order chi connectivity index (χ1) is 13.1. The Bertz CT molecular complexity index is 1220. The van der Waals surface area contributed by atoms with Crippen LogP contribution in [-0.2, 0) is 17.1 Å². The molecule has 0 saturated carbocycles. The molecule has 0 bridgehead atoms. The number of benzene rings is 1. The number of rotatable bonds is 5. The lowest BCUT2D eigenvalue weighted by Gasteiger charge is -2.09. The minimum absolute atomic E-state index is 0.0659. The lowest BCUT2D eigenvalue weighted by Crippen LogP contribution is -2.15. The van der Waals surface area contributed by atoms with E-state index in [0.717, 1.165) is 18.4 Å². The van der Waals surface area contributed by atoms with E-state index in [4.69, 9.17) is 12.2 Å². The highest BCUT2D eigenvalue weighted by molar-refractivity contribution is 7.92. The summed E-state index contributed by atoms with van der Waals surface area (Å²) in [5.41, 5.74) is 0.740. The fraction of sp³-hybridized carbons (Fsp3) is 0.125. The molecule has 3 rings (SSSR count). The van der Waals surface area contributed by atoms with Crippen LogP contribution in [0.25, 0.3) is 11.4 Å². The van der Waals surface area contributed by atoms with E-state index >= 15 is 0 Å². The van der Waals surface area contributed by atoms with Gasteiger partial charge < -0.3 is 9.88 Å². The molecule has 0 radical (unpaired) electrons. The van der Waals surface area contributed by atoms with Crippen molar-refractivity contribution in [1.29, 1.82) is 0 Å². The van der Waals surface area contributed by atoms with E-state index in [9.17, 15) is 17.6 Å². The summed E-state index contributed by atoms with van der Waals surface area (Å²) in [7, 11) is -1.95. The summed E-state index contributed by atoms with van der Waals surface area (Å²) in [5.74, 6) is -0.822. The molecule has 0 saturated heterocycles. The van der Waals surface area contributed by atoms with Gasteiger partial charge in [0.1, 0.15) is 5.82 Å². The van der Waals surface area contributed by atoms with Crippen LogP contribution in [0.15, 0.2) is 36.7 Å². The van der Waals surface area contributed by atoms with Gasteiger partial charge in [0.2, 0.25) is 10.0 Å². The topological polar surface area (TPSA) is 122 Å². The zero-order valence-corrected chi connectivity index (χ0v) is 16.4. The Morgan fingerprint density at radius 3 is 2.68 bits per heavy atom. The maximum Gasteiger partial charge on any atom is 0.255 e. The summed E-state index contributed by atoms with van der Waals surface area (Å²) in [6.07, 6.45) is 3.88. The van der Waals surface area contributed by atoms with Gasteiger partial charge >= 0.3 is 0 Å². The minimum Gasteiger partial charge on any atom is -0.321 e. The number of carbonyl (C=O) groups is 1. The quantitative estimate of drug-likeness (QED) is 0.543. The number of halogens is 1. The minimum atomic E-state index is -3.69. The van der Waals surface area contributed by atoms with Crippen LogP contribution in [0.1, 0.15) is 10.4 Å². The van der Waals surface area contributed by atoms with Crippen molar-refractivity contribution in [3.05, 3.63) is 52.8 Å². The molecule has 3 N–H and O–H groups in total. The molecule has 0 aliphatic carbocycles. The number of hydrogen-bond donors (Lipinski definition) is 3. The largest absolute Gasteiger partial charge is 0.321 e. The number of H-pyrrole nitrogens is 1. The highest BCUT2D eigenvalue weighted by atomic mass is 32.2. The van der Waals surface area contributed by atoms with Crippen molar-refractivity contribution in [2.24, 2.45) is 7.05 Å². The predicted molar refractivity (Wildman–Crippen MR) is 104 cm³/mol.